The molecule has 0 radical (unpaired) electrons. The van der Waals surface area contributed by atoms with Crippen molar-refractivity contribution in [1.29, 1.82) is 0 Å². The van der Waals surface area contributed by atoms with Crippen LogP contribution >= 0.6 is 0 Å². The van der Waals surface area contributed by atoms with Crippen molar-refractivity contribution >= 4 is 5.91 Å². The van der Waals surface area contributed by atoms with E-state index in [9.17, 15) is 4.79 Å². The Morgan fingerprint density at radius 2 is 1.75 bits per heavy atom. The van der Waals surface area contributed by atoms with E-state index >= 15 is 0 Å². The van der Waals surface area contributed by atoms with Gasteiger partial charge >= 0.3 is 0 Å². The van der Waals surface area contributed by atoms with E-state index in [0.29, 0.717) is 0 Å². The van der Waals surface area contributed by atoms with Gasteiger partial charge in [0.25, 0.3) is 0 Å². The second-order valence-corrected chi connectivity index (χ2v) is 4.37. The lowest BCUT2D eigenvalue weighted by molar-refractivity contribution is -0.123. The highest BCUT2D eigenvalue weighted by Gasteiger charge is 2.04. The van der Waals surface area contributed by atoms with Gasteiger partial charge in [0.1, 0.15) is 0 Å². The maximum atomic E-state index is 11.3. The van der Waals surface area contributed by atoms with Gasteiger partial charge in [0.05, 0.1) is 0 Å². The topological polar surface area (TPSA) is 29.1 Å². The fraction of sp³-hybridized carbons (Fsp3) is 0.500. The standard InChI is InChI=1S/C14H21NO/c1-4-12-5-7-13(8-6-12)9-10-15-14(16)11(2)3/h5-8,11H,4,9-10H2,1-3H3,(H,15,16). The lowest BCUT2D eigenvalue weighted by atomic mass is 10.1. The molecule has 0 fully saturated rings. The minimum atomic E-state index is 0.0717. The molecule has 0 heterocycles. The predicted octanol–water partition coefficient (Wildman–Crippen LogP) is 2.56. The third-order valence-electron chi connectivity index (χ3n) is 2.67. The first kappa shape index (κ1) is 12.8. The average Bonchev–Trinajstić information content (AvgIpc) is 2.29. The molecule has 0 spiro atoms. The van der Waals surface area contributed by atoms with Gasteiger partial charge in [0, 0.05) is 12.5 Å². The second kappa shape index (κ2) is 6.31. The number of hydrogen-bond acceptors (Lipinski definition) is 1. The number of rotatable bonds is 5. The fourth-order valence-corrected chi connectivity index (χ4v) is 1.48. The van der Waals surface area contributed by atoms with E-state index in [-0.39, 0.29) is 11.8 Å². The van der Waals surface area contributed by atoms with E-state index in [0.717, 1.165) is 19.4 Å². The van der Waals surface area contributed by atoms with Gasteiger partial charge in [0.2, 0.25) is 5.91 Å². The quantitative estimate of drug-likeness (QED) is 0.810. The van der Waals surface area contributed by atoms with Crippen LogP contribution in [0.15, 0.2) is 24.3 Å². The Bertz CT molecular complexity index is 327. The van der Waals surface area contributed by atoms with Crippen LogP contribution in [0.1, 0.15) is 31.9 Å². The Morgan fingerprint density at radius 1 is 1.19 bits per heavy atom. The molecule has 88 valence electrons. The van der Waals surface area contributed by atoms with Gasteiger partial charge in [-0.25, -0.2) is 0 Å². The summed E-state index contributed by atoms with van der Waals surface area (Å²) < 4.78 is 0. The number of aryl methyl sites for hydroxylation is 1. The first-order valence-electron chi connectivity index (χ1n) is 5.99. The van der Waals surface area contributed by atoms with E-state index in [2.05, 4.69) is 36.5 Å². The van der Waals surface area contributed by atoms with Crippen LogP contribution in [0, 0.1) is 5.92 Å². The molecule has 0 saturated heterocycles. The molecule has 1 rings (SSSR count). The lowest BCUT2D eigenvalue weighted by Crippen LogP contribution is -2.29. The zero-order valence-electron chi connectivity index (χ0n) is 10.4. The molecule has 1 N–H and O–H groups in total. The number of carbonyl (C=O) groups excluding carboxylic acids is 1. The van der Waals surface area contributed by atoms with E-state index < -0.39 is 0 Å². The normalized spacial score (nSPS) is 10.5. The van der Waals surface area contributed by atoms with Crippen LogP contribution in [-0.2, 0) is 17.6 Å². The molecule has 1 aromatic carbocycles. The highest BCUT2D eigenvalue weighted by atomic mass is 16.1. The summed E-state index contributed by atoms with van der Waals surface area (Å²) in [6, 6.07) is 8.58. The largest absolute Gasteiger partial charge is 0.356 e. The van der Waals surface area contributed by atoms with Crippen molar-refractivity contribution in [3.05, 3.63) is 35.4 Å². The Labute approximate surface area is 98.1 Å². The van der Waals surface area contributed by atoms with Crippen LogP contribution in [0.4, 0.5) is 0 Å². The molecule has 0 unspecified atom stereocenters. The zero-order chi connectivity index (χ0) is 12.0. The molecule has 0 aliphatic rings. The summed E-state index contributed by atoms with van der Waals surface area (Å²) in [5, 5.41) is 2.92. The number of nitrogens with one attached hydrogen (secondary N) is 1. The Kier molecular flexibility index (Phi) is 5.03. The Hall–Kier alpha value is -1.31. The molecule has 0 saturated carbocycles. The van der Waals surface area contributed by atoms with E-state index in [1.165, 1.54) is 11.1 Å². The molecule has 1 amide bonds. The monoisotopic (exact) mass is 219 g/mol. The van der Waals surface area contributed by atoms with Gasteiger partial charge in [-0.05, 0) is 24.0 Å². The molecular weight excluding hydrogens is 198 g/mol. The van der Waals surface area contributed by atoms with Gasteiger partial charge in [-0.1, -0.05) is 45.0 Å². The second-order valence-electron chi connectivity index (χ2n) is 4.37. The maximum absolute atomic E-state index is 11.3. The summed E-state index contributed by atoms with van der Waals surface area (Å²) in [6.45, 7) is 6.69. The number of hydrogen-bond donors (Lipinski definition) is 1. The summed E-state index contributed by atoms with van der Waals surface area (Å²) in [6.07, 6.45) is 1.98. The summed E-state index contributed by atoms with van der Waals surface area (Å²) >= 11 is 0. The van der Waals surface area contributed by atoms with Gasteiger partial charge in [0.15, 0.2) is 0 Å². The molecule has 0 aliphatic carbocycles. The third-order valence-corrected chi connectivity index (χ3v) is 2.67. The number of benzene rings is 1. The van der Waals surface area contributed by atoms with Crippen molar-refractivity contribution in [3.63, 3.8) is 0 Å². The van der Waals surface area contributed by atoms with Crippen molar-refractivity contribution in [2.45, 2.75) is 33.6 Å². The SMILES string of the molecule is CCc1ccc(CCNC(=O)C(C)C)cc1. The molecule has 1 aromatic rings. The van der Waals surface area contributed by atoms with Crippen molar-refractivity contribution < 1.29 is 4.79 Å². The lowest BCUT2D eigenvalue weighted by Gasteiger charge is -2.07. The number of amides is 1. The highest BCUT2D eigenvalue weighted by molar-refractivity contribution is 5.77. The smallest absolute Gasteiger partial charge is 0.222 e. The molecule has 2 heteroatoms. The molecule has 0 bridgehead atoms. The average molecular weight is 219 g/mol. The van der Waals surface area contributed by atoms with Gasteiger partial charge < -0.3 is 5.32 Å². The van der Waals surface area contributed by atoms with Crippen molar-refractivity contribution in [3.8, 4) is 0 Å². The molecule has 0 atom stereocenters. The van der Waals surface area contributed by atoms with Crippen LogP contribution in [0.2, 0.25) is 0 Å². The zero-order valence-corrected chi connectivity index (χ0v) is 10.4. The summed E-state index contributed by atoms with van der Waals surface area (Å²) in [5.41, 5.74) is 2.64. The van der Waals surface area contributed by atoms with Crippen molar-refractivity contribution in [2.24, 2.45) is 5.92 Å². The maximum Gasteiger partial charge on any atom is 0.222 e. The minimum Gasteiger partial charge on any atom is -0.356 e. The van der Waals surface area contributed by atoms with Gasteiger partial charge in [-0.15, -0.1) is 0 Å². The molecule has 0 aromatic heterocycles. The molecular formula is C14H21NO. The summed E-state index contributed by atoms with van der Waals surface area (Å²) in [7, 11) is 0. The molecule has 2 nitrogen and oxygen atoms in total. The van der Waals surface area contributed by atoms with E-state index in [1.54, 1.807) is 0 Å². The molecule has 16 heavy (non-hydrogen) atoms. The van der Waals surface area contributed by atoms with Gasteiger partial charge in [-0.2, -0.15) is 0 Å². The highest BCUT2D eigenvalue weighted by Crippen LogP contribution is 2.05. The van der Waals surface area contributed by atoms with Crippen LogP contribution in [0.3, 0.4) is 0 Å². The van der Waals surface area contributed by atoms with Crippen LogP contribution in [-0.4, -0.2) is 12.5 Å². The Balaban J connectivity index is 2.34. The first-order valence-corrected chi connectivity index (χ1v) is 5.99. The fourth-order valence-electron chi connectivity index (χ4n) is 1.48. The number of carbonyl (C=O) groups is 1. The minimum absolute atomic E-state index is 0.0717. The summed E-state index contributed by atoms with van der Waals surface area (Å²) in [5.74, 6) is 0.202. The third kappa shape index (κ3) is 4.05. The molecule has 0 aliphatic heterocycles. The van der Waals surface area contributed by atoms with Crippen LogP contribution in [0.25, 0.3) is 0 Å². The van der Waals surface area contributed by atoms with E-state index in [4.69, 9.17) is 0 Å². The van der Waals surface area contributed by atoms with E-state index in [1.807, 2.05) is 13.8 Å². The first-order chi connectivity index (χ1) is 7.63. The van der Waals surface area contributed by atoms with Gasteiger partial charge in [-0.3, -0.25) is 4.79 Å². The van der Waals surface area contributed by atoms with Crippen molar-refractivity contribution in [1.82, 2.24) is 5.32 Å². The van der Waals surface area contributed by atoms with Crippen molar-refractivity contribution in [2.75, 3.05) is 6.54 Å². The van der Waals surface area contributed by atoms with Crippen LogP contribution in [0.5, 0.6) is 0 Å². The summed E-state index contributed by atoms with van der Waals surface area (Å²) in [4.78, 5) is 11.3. The Morgan fingerprint density at radius 3 is 2.25 bits per heavy atom. The van der Waals surface area contributed by atoms with Crippen LogP contribution < -0.4 is 5.32 Å². The predicted molar refractivity (Wildman–Crippen MR) is 67.4 cm³/mol.